The summed E-state index contributed by atoms with van der Waals surface area (Å²) in [6.45, 7) is 3.32. The van der Waals surface area contributed by atoms with Crippen molar-refractivity contribution in [2.75, 3.05) is 23.3 Å². The van der Waals surface area contributed by atoms with Gasteiger partial charge in [0.05, 0.1) is 16.7 Å². The Labute approximate surface area is 218 Å². The van der Waals surface area contributed by atoms with Crippen molar-refractivity contribution in [3.63, 3.8) is 0 Å². The Hall–Kier alpha value is -2.75. The second-order valence-corrected chi connectivity index (χ2v) is 12.2. The Kier molecular flexibility index (Phi) is 7.65. The molecule has 198 valence electrons. The number of halogens is 1. The summed E-state index contributed by atoms with van der Waals surface area (Å²) in [5.74, 6) is 0.374. The van der Waals surface area contributed by atoms with Crippen LogP contribution in [-0.2, 0) is 16.6 Å². The van der Waals surface area contributed by atoms with E-state index in [4.69, 9.17) is 0 Å². The van der Waals surface area contributed by atoms with Gasteiger partial charge in [0, 0.05) is 54.5 Å². The second kappa shape index (κ2) is 10.9. The number of aliphatic hydroxyl groups excluding tert-OH is 1. The summed E-state index contributed by atoms with van der Waals surface area (Å²) < 4.78 is 44.1. The van der Waals surface area contributed by atoms with Crippen LogP contribution in [0.1, 0.15) is 51.0 Å². The third-order valence-electron chi connectivity index (χ3n) is 7.66. The molecule has 2 aliphatic rings. The minimum Gasteiger partial charge on any atom is -0.393 e. The van der Waals surface area contributed by atoms with Gasteiger partial charge in [-0.2, -0.15) is 0 Å². The molecule has 1 aromatic heterocycles. The Morgan fingerprint density at radius 2 is 1.89 bits per heavy atom. The number of nitrogens with one attached hydrogen (secondary N) is 2. The molecule has 37 heavy (non-hydrogen) atoms. The lowest BCUT2D eigenvalue weighted by Gasteiger charge is -2.31. The fourth-order valence-electron chi connectivity index (χ4n) is 5.36. The smallest absolute Gasteiger partial charge is 0.241 e. The molecule has 1 unspecified atom stereocenters. The van der Waals surface area contributed by atoms with Crippen LogP contribution in [0, 0.1) is 11.7 Å². The van der Waals surface area contributed by atoms with Crippen molar-refractivity contribution < 1.29 is 17.9 Å². The molecule has 3 N–H and O–H groups in total. The van der Waals surface area contributed by atoms with E-state index in [2.05, 4.69) is 21.9 Å². The van der Waals surface area contributed by atoms with Gasteiger partial charge >= 0.3 is 0 Å². The molecule has 0 spiro atoms. The molecule has 2 aromatic carbocycles. The number of anilines is 2. The lowest BCUT2D eigenvalue weighted by atomic mass is 9.81. The van der Waals surface area contributed by atoms with Crippen molar-refractivity contribution in [2.24, 2.45) is 5.92 Å². The van der Waals surface area contributed by atoms with Crippen LogP contribution in [0.2, 0.25) is 0 Å². The largest absolute Gasteiger partial charge is 0.393 e. The molecular formula is C28H35FN4O3S. The molecule has 2 fully saturated rings. The van der Waals surface area contributed by atoms with Crippen LogP contribution >= 0.6 is 0 Å². The average Bonchev–Trinajstić information content (AvgIpc) is 2.86. The molecule has 1 aliphatic carbocycles. The Bertz CT molecular complexity index is 1350. The maximum absolute atomic E-state index is 14.8. The lowest BCUT2D eigenvalue weighted by Crippen LogP contribution is -2.36. The fraction of sp³-hybridized carbons (Fsp3) is 0.464. The summed E-state index contributed by atoms with van der Waals surface area (Å²) in [4.78, 5) is 6.32. The quantitative estimate of drug-likeness (QED) is 0.371. The Morgan fingerprint density at radius 1 is 1.11 bits per heavy atom. The predicted molar refractivity (Wildman–Crippen MR) is 145 cm³/mol. The predicted octanol–water partition coefficient (Wildman–Crippen LogP) is 4.80. The minimum absolute atomic E-state index is 0.0246. The first-order valence-corrected chi connectivity index (χ1v) is 14.6. The van der Waals surface area contributed by atoms with E-state index in [-0.39, 0.29) is 23.6 Å². The van der Waals surface area contributed by atoms with E-state index in [1.54, 1.807) is 42.7 Å². The van der Waals surface area contributed by atoms with Gasteiger partial charge in [0.15, 0.2) is 0 Å². The van der Waals surface area contributed by atoms with Crippen LogP contribution in [0.3, 0.4) is 0 Å². The summed E-state index contributed by atoms with van der Waals surface area (Å²) in [6.07, 6.45) is 9.15. The SMILES string of the molecule is CC(CC1CCC1)Nc1ccc(S(=O)(=O)NCc2ccc(N3CCC(O)CC3)c(F)c2)c2ccncc12. The van der Waals surface area contributed by atoms with E-state index in [0.29, 0.717) is 42.6 Å². The number of aromatic nitrogens is 1. The number of hydrogen-bond acceptors (Lipinski definition) is 6. The van der Waals surface area contributed by atoms with Gasteiger partial charge in [-0.3, -0.25) is 4.98 Å². The molecule has 1 atom stereocenters. The molecule has 3 aromatic rings. The van der Waals surface area contributed by atoms with Gasteiger partial charge in [0.25, 0.3) is 0 Å². The van der Waals surface area contributed by atoms with Gasteiger partial charge < -0.3 is 15.3 Å². The van der Waals surface area contributed by atoms with Gasteiger partial charge in [-0.15, -0.1) is 0 Å². The monoisotopic (exact) mass is 526 g/mol. The summed E-state index contributed by atoms with van der Waals surface area (Å²) in [6, 6.07) is 10.2. The van der Waals surface area contributed by atoms with Crippen LogP contribution in [-0.4, -0.2) is 43.7 Å². The summed E-state index contributed by atoms with van der Waals surface area (Å²) >= 11 is 0. The molecule has 7 nitrogen and oxygen atoms in total. The van der Waals surface area contributed by atoms with Crippen molar-refractivity contribution in [2.45, 2.75) is 69.0 Å². The lowest BCUT2D eigenvalue weighted by molar-refractivity contribution is 0.145. The molecule has 1 saturated carbocycles. The normalized spacial score (nSPS) is 18.1. The van der Waals surface area contributed by atoms with Crippen molar-refractivity contribution >= 4 is 32.2 Å². The molecule has 0 amide bonds. The van der Waals surface area contributed by atoms with Crippen LogP contribution in [0.4, 0.5) is 15.8 Å². The number of sulfonamides is 1. The number of hydrogen-bond donors (Lipinski definition) is 3. The maximum atomic E-state index is 14.8. The summed E-state index contributed by atoms with van der Waals surface area (Å²) in [5, 5.41) is 14.6. The first-order valence-electron chi connectivity index (χ1n) is 13.1. The highest BCUT2D eigenvalue weighted by molar-refractivity contribution is 7.89. The number of rotatable bonds is 9. The number of fused-ring (bicyclic) bond motifs is 1. The highest BCUT2D eigenvalue weighted by Crippen LogP contribution is 2.33. The van der Waals surface area contributed by atoms with Crippen LogP contribution in [0.15, 0.2) is 53.7 Å². The van der Waals surface area contributed by atoms with Crippen molar-refractivity contribution in [3.8, 4) is 0 Å². The van der Waals surface area contributed by atoms with Crippen molar-refractivity contribution in [3.05, 3.63) is 60.2 Å². The Morgan fingerprint density at radius 3 is 2.59 bits per heavy atom. The first-order chi connectivity index (χ1) is 17.8. The Balaban J connectivity index is 1.30. The van der Waals surface area contributed by atoms with E-state index in [0.717, 1.165) is 23.4 Å². The number of piperidine rings is 1. The zero-order chi connectivity index (χ0) is 26.0. The molecule has 0 bridgehead atoms. The van der Waals surface area contributed by atoms with E-state index in [9.17, 15) is 17.9 Å². The van der Waals surface area contributed by atoms with Gasteiger partial charge in [-0.1, -0.05) is 25.3 Å². The van der Waals surface area contributed by atoms with Crippen molar-refractivity contribution in [1.29, 1.82) is 0 Å². The van der Waals surface area contributed by atoms with Crippen LogP contribution in [0.5, 0.6) is 0 Å². The van der Waals surface area contributed by atoms with Crippen LogP contribution in [0.25, 0.3) is 10.8 Å². The molecule has 1 aliphatic heterocycles. The maximum Gasteiger partial charge on any atom is 0.241 e. The summed E-state index contributed by atoms with van der Waals surface area (Å²) in [7, 11) is -3.86. The highest BCUT2D eigenvalue weighted by Gasteiger charge is 2.23. The van der Waals surface area contributed by atoms with Crippen molar-refractivity contribution in [1.82, 2.24) is 9.71 Å². The van der Waals surface area contributed by atoms with Gasteiger partial charge in [0.1, 0.15) is 5.82 Å². The first kappa shape index (κ1) is 25.9. The molecular weight excluding hydrogens is 491 g/mol. The van der Waals surface area contributed by atoms with Gasteiger partial charge in [-0.05, 0) is 68.0 Å². The average molecular weight is 527 g/mol. The standard InChI is InChI=1S/C28H35FN4O3S/c1-19(15-20-3-2-4-20)32-26-6-8-28(23-9-12-30-18-24(23)26)37(35,36)31-17-21-5-7-27(25(29)16-21)33-13-10-22(34)11-14-33/h5-9,12,16,18-20,22,31-32,34H,2-4,10-11,13-15,17H2,1H3. The highest BCUT2D eigenvalue weighted by atomic mass is 32.2. The molecule has 5 rings (SSSR count). The molecule has 1 saturated heterocycles. The molecule has 0 radical (unpaired) electrons. The van der Waals surface area contributed by atoms with Crippen LogP contribution < -0.4 is 14.9 Å². The number of nitrogens with zero attached hydrogens (tertiary/aromatic N) is 2. The fourth-order valence-corrected chi connectivity index (χ4v) is 6.58. The molecule has 2 heterocycles. The minimum atomic E-state index is -3.86. The van der Waals surface area contributed by atoms with Gasteiger partial charge in [0.2, 0.25) is 10.0 Å². The van der Waals surface area contributed by atoms with E-state index < -0.39 is 15.8 Å². The van der Waals surface area contributed by atoms with Gasteiger partial charge in [-0.25, -0.2) is 17.5 Å². The zero-order valence-electron chi connectivity index (χ0n) is 21.2. The third-order valence-corrected chi connectivity index (χ3v) is 9.12. The second-order valence-electron chi connectivity index (χ2n) is 10.4. The number of aliphatic hydroxyl groups is 1. The third kappa shape index (κ3) is 5.89. The summed E-state index contributed by atoms with van der Waals surface area (Å²) in [5.41, 5.74) is 1.89. The van der Waals surface area contributed by atoms with E-state index in [1.165, 1.54) is 25.3 Å². The number of pyridine rings is 1. The molecule has 9 heteroatoms. The van der Waals surface area contributed by atoms with E-state index in [1.807, 2.05) is 4.90 Å². The zero-order valence-corrected chi connectivity index (χ0v) is 22.0. The topological polar surface area (TPSA) is 94.6 Å². The van der Waals surface area contributed by atoms with E-state index >= 15 is 0 Å². The number of benzene rings is 2.